The van der Waals surface area contributed by atoms with Crippen molar-refractivity contribution in [2.75, 3.05) is 26.8 Å². The molecule has 1 aliphatic heterocycles. The normalized spacial score (nSPS) is 13.9. The van der Waals surface area contributed by atoms with Gasteiger partial charge in [0.2, 0.25) is 0 Å². The molecule has 1 aliphatic rings. The lowest BCUT2D eigenvalue weighted by atomic mass is 10.1. The van der Waals surface area contributed by atoms with Gasteiger partial charge in [0, 0.05) is 44.8 Å². The number of rotatable bonds is 5. The molecule has 0 spiro atoms. The molecule has 0 saturated heterocycles. The zero-order valence-corrected chi connectivity index (χ0v) is 12.6. The molecule has 7 nitrogen and oxygen atoms in total. The van der Waals surface area contributed by atoms with Crippen molar-refractivity contribution in [1.29, 1.82) is 0 Å². The number of fused-ring (bicyclic) bond motifs is 1. The Kier molecular flexibility index (Phi) is 5.32. The summed E-state index contributed by atoms with van der Waals surface area (Å²) in [5, 5.41) is 7.23. The minimum absolute atomic E-state index is 0.0777. The van der Waals surface area contributed by atoms with Crippen LogP contribution < -0.4 is 10.9 Å². The van der Waals surface area contributed by atoms with Crippen LogP contribution in [0.4, 0.5) is 4.79 Å². The topological polar surface area (TPSA) is 76.5 Å². The van der Waals surface area contributed by atoms with Gasteiger partial charge >= 0.3 is 6.03 Å². The number of aromatic nitrogens is 2. The Labute approximate surface area is 123 Å². The second-order valence-electron chi connectivity index (χ2n) is 5.07. The van der Waals surface area contributed by atoms with E-state index in [1.54, 1.807) is 18.1 Å². The maximum atomic E-state index is 12.0. The van der Waals surface area contributed by atoms with Gasteiger partial charge in [-0.15, -0.1) is 0 Å². The van der Waals surface area contributed by atoms with Crippen LogP contribution >= 0.6 is 0 Å². The van der Waals surface area contributed by atoms with Gasteiger partial charge in [-0.3, -0.25) is 4.79 Å². The fourth-order valence-electron chi connectivity index (χ4n) is 2.29. The molecule has 0 radical (unpaired) electrons. The summed E-state index contributed by atoms with van der Waals surface area (Å²) in [5.74, 6) is 0. The van der Waals surface area contributed by atoms with Crippen LogP contribution in [0.2, 0.25) is 0 Å². The first kappa shape index (κ1) is 15.5. The van der Waals surface area contributed by atoms with Crippen molar-refractivity contribution in [2.24, 2.45) is 0 Å². The summed E-state index contributed by atoms with van der Waals surface area (Å²) in [4.78, 5) is 25.6. The van der Waals surface area contributed by atoms with E-state index >= 15 is 0 Å². The summed E-state index contributed by atoms with van der Waals surface area (Å²) < 4.78 is 6.40. The molecule has 0 unspecified atom stereocenters. The number of methoxy groups -OCH3 is 1. The zero-order valence-electron chi connectivity index (χ0n) is 12.6. The second-order valence-corrected chi connectivity index (χ2v) is 5.07. The molecular formula is C14H22N4O3. The Morgan fingerprint density at radius 2 is 2.33 bits per heavy atom. The molecule has 1 N–H and O–H groups in total. The highest BCUT2D eigenvalue weighted by Crippen LogP contribution is 2.15. The number of hydrogen-bond donors (Lipinski definition) is 1. The van der Waals surface area contributed by atoms with E-state index in [9.17, 15) is 9.59 Å². The van der Waals surface area contributed by atoms with Crippen LogP contribution in [0.5, 0.6) is 0 Å². The molecule has 0 aromatic carbocycles. The number of nitrogens with zero attached hydrogens (tertiary/aromatic N) is 3. The van der Waals surface area contributed by atoms with E-state index in [-0.39, 0.29) is 11.6 Å². The smallest absolute Gasteiger partial charge is 0.317 e. The SMILES string of the molecule is CCCNC(=O)N1CCc2nn(CCOC)c(=O)cc2C1. The predicted molar refractivity (Wildman–Crippen MR) is 78.2 cm³/mol. The third-order valence-electron chi connectivity index (χ3n) is 3.46. The Bertz CT molecular complexity index is 556. The van der Waals surface area contributed by atoms with Crippen molar-refractivity contribution in [3.8, 4) is 0 Å². The second kappa shape index (κ2) is 7.21. The summed E-state index contributed by atoms with van der Waals surface area (Å²) in [6.07, 6.45) is 1.57. The van der Waals surface area contributed by atoms with Gasteiger partial charge in [-0.2, -0.15) is 5.10 Å². The molecule has 2 rings (SSSR count). The molecule has 0 saturated carbocycles. The minimum Gasteiger partial charge on any atom is -0.383 e. The first-order chi connectivity index (χ1) is 10.2. The predicted octanol–water partition coefficient (Wildman–Crippen LogP) is 0.367. The maximum absolute atomic E-state index is 12.0. The minimum atomic E-state index is -0.151. The molecule has 1 aromatic rings. The van der Waals surface area contributed by atoms with E-state index in [0.29, 0.717) is 39.2 Å². The summed E-state index contributed by atoms with van der Waals surface area (Å²) in [5.41, 5.74) is 1.58. The third kappa shape index (κ3) is 3.81. The molecule has 2 heterocycles. The van der Waals surface area contributed by atoms with Crippen molar-refractivity contribution in [1.82, 2.24) is 20.0 Å². The average molecular weight is 294 g/mol. The van der Waals surface area contributed by atoms with Gasteiger partial charge in [-0.25, -0.2) is 9.48 Å². The zero-order chi connectivity index (χ0) is 15.2. The number of hydrogen-bond acceptors (Lipinski definition) is 4. The van der Waals surface area contributed by atoms with E-state index in [4.69, 9.17) is 4.74 Å². The van der Waals surface area contributed by atoms with Crippen LogP contribution in [-0.2, 0) is 24.2 Å². The van der Waals surface area contributed by atoms with Crippen LogP contribution in [-0.4, -0.2) is 47.5 Å². The highest BCUT2D eigenvalue weighted by Gasteiger charge is 2.22. The van der Waals surface area contributed by atoms with Crippen molar-refractivity contribution in [3.63, 3.8) is 0 Å². The van der Waals surface area contributed by atoms with Crippen molar-refractivity contribution >= 4 is 6.03 Å². The van der Waals surface area contributed by atoms with Gasteiger partial charge in [0.15, 0.2) is 0 Å². The number of nitrogens with one attached hydrogen (secondary N) is 1. The highest BCUT2D eigenvalue weighted by molar-refractivity contribution is 5.74. The third-order valence-corrected chi connectivity index (χ3v) is 3.46. The summed E-state index contributed by atoms with van der Waals surface area (Å²) >= 11 is 0. The van der Waals surface area contributed by atoms with Crippen LogP contribution in [0.15, 0.2) is 10.9 Å². The lowest BCUT2D eigenvalue weighted by Gasteiger charge is -2.28. The Morgan fingerprint density at radius 1 is 1.52 bits per heavy atom. The van der Waals surface area contributed by atoms with E-state index in [1.165, 1.54) is 4.68 Å². The average Bonchev–Trinajstić information content (AvgIpc) is 2.50. The van der Waals surface area contributed by atoms with Gasteiger partial charge < -0.3 is 15.0 Å². The molecular weight excluding hydrogens is 272 g/mol. The molecule has 0 bridgehead atoms. The Morgan fingerprint density at radius 3 is 3.05 bits per heavy atom. The lowest BCUT2D eigenvalue weighted by molar-refractivity contribution is 0.180. The molecule has 0 aliphatic carbocycles. The van der Waals surface area contributed by atoms with E-state index in [0.717, 1.165) is 17.7 Å². The molecule has 2 amide bonds. The van der Waals surface area contributed by atoms with Crippen molar-refractivity contribution in [3.05, 3.63) is 27.7 Å². The Hall–Kier alpha value is -1.89. The maximum Gasteiger partial charge on any atom is 0.317 e. The largest absolute Gasteiger partial charge is 0.383 e. The van der Waals surface area contributed by atoms with Gasteiger partial charge in [-0.05, 0) is 6.42 Å². The summed E-state index contributed by atoms with van der Waals surface area (Å²) in [7, 11) is 1.59. The van der Waals surface area contributed by atoms with Crippen LogP contribution in [0, 0.1) is 0 Å². The summed E-state index contributed by atoms with van der Waals surface area (Å²) in [6, 6.07) is 1.50. The fraction of sp³-hybridized carbons (Fsp3) is 0.643. The lowest BCUT2D eigenvalue weighted by Crippen LogP contribution is -2.44. The molecule has 116 valence electrons. The molecule has 1 aromatic heterocycles. The van der Waals surface area contributed by atoms with Crippen LogP contribution in [0.1, 0.15) is 24.6 Å². The molecule has 21 heavy (non-hydrogen) atoms. The monoisotopic (exact) mass is 294 g/mol. The first-order valence-corrected chi connectivity index (χ1v) is 7.27. The van der Waals surface area contributed by atoms with Gasteiger partial charge in [-0.1, -0.05) is 6.92 Å². The fourth-order valence-corrected chi connectivity index (χ4v) is 2.29. The quantitative estimate of drug-likeness (QED) is 0.851. The van der Waals surface area contributed by atoms with Gasteiger partial charge in [0.05, 0.1) is 18.8 Å². The van der Waals surface area contributed by atoms with E-state index < -0.39 is 0 Å². The number of urea groups is 1. The summed E-state index contributed by atoms with van der Waals surface area (Å²) in [6.45, 7) is 4.65. The number of carbonyl (C=O) groups excluding carboxylic acids is 1. The molecule has 7 heteroatoms. The molecule has 0 fully saturated rings. The van der Waals surface area contributed by atoms with Crippen molar-refractivity contribution < 1.29 is 9.53 Å². The number of carbonyl (C=O) groups is 1. The van der Waals surface area contributed by atoms with Gasteiger partial charge in [0.25, 0.3) is 5.56 Å². The number of ether oxygens (including phenoxy) is 1. The van der Waals surface area contributed by atoms with E-state index in [1.807, 2.05) is 6.92 Å². The van der Waals surface area contributed by atoms with Crippen LogP contribution in [0.25, 0.3) is 0 Å². The first-order valence-electron chi connectivity index (χ1n) is 7.27. The van der Waals surface area contributed by atoms with Gasteiger partial charge in [0.1, 0.15) is 0 Å². The van der Waals surface area contributed by atoms with E-state index in [2.05, 4.69) is 10.4 Å². The van der Waals surface area contributed by atoms with Crippen molar-refractivity contribution in [2.45, 2.75) is 32.9 Å². The molecule has 0 atom stereocenters. The Balaban J connectivity index is 2.09. The van der Waals surface area contributed by atoms with Crippen LogP contribution in [0.3, 0.4) is 0 Å². The number of amides is 2. The standard InChI is InChI=1S/C14H22N4O3/c1-3-5-15-14(20)17-6-4-12-11(10-17)9-13(19)18(16-12)7-8-21-2/h9H,3-8,10H2,1-2H3,(H,15,20). The highest BCUT2D eigenvalue weighted by atomic mass is 16.5.